The molecule has 0 aliphatic carbocycles. The molecule has 9 heteroatoms. The molecule has 1 aliphatic heterocycles. The van der Waals surface area contributed by atoms with Gasteiger partial charge < -0.3 is 15.5 Å². The first-order chi connectivity index (χ1) is 12.7. The summed E-state index contributed by atoms with van der Waals surface area (Å²) in [6, 6.07) is 4.26. The number of hydrogen-bond acceptors (Lipinski definition) is 7. The van der Waals surface area contributed by atoms with Gasteiger partial charge in [0.2, 0.25) is 5.95 Å². The van der Waals surface area contributed by atoms with Gasteiger partial charge in [0.25, 0.3) is 0 Å². The van der Waals surface area contributed by atoms with Gasteiger partial charge in [0.15, 0.2) is 10.3 Å². The van der Waals surface area contributed by atoms with Crippen LogP contribution in [0.15, 0.2) is 34.7 Å². The zero-order chi connectivity index (χ0) is 18.4. The SMILES string of the molecule is CCNC(=S)Nc1nc(Sc2ncccn2)cc(N2CCCC[C@H]2C)n1. The van der Waals surface area contributed by atoms with E-state index in [0.717, 1.165) is 23.9 Å². The summed E-state index contributed by atoms with van der Waals surface area (Å²) in [7, 11) is 0. The number of nitrogens with zero attached hydrogens (tertiary/aromatic N) is 5. The van der Waals surface area contributed by atoms with E-state index >= 15 is 0 Å². The molecule has 1 saturated heterocycles. The molecule has 0 aromatic carbocycles. The molecule has 0 unspecified atom stereocenters. The summed E-state index contributed by atoms with van der Waals surface area (Å²) in [6.07, 6.45) is 7.06. The van der Waals surface area contributed by atoms with Crippen LogP contribution in [0.1, 0.15) is 33.1 Å². The van der Waals surface area contributed by atoms with Gasteiger partial charge in [-0.1, -0.05) is 0 Å². The second-order valence-electron chi connectivity index (χ2n) is 6.04. The molecule has 0 spiro atoms. The Hall–Kier alpha value is -2.00. The van der Waals surface area contributed by atoms with Crippen molar-refractivity contribution in [3.63, 3.8) is 0 Å². The van der Waals surface area contributed by atoms with E-state index in [0.29, 0.717) is 22.3 Å². The van der Waals surface area contributed by atoms with Gasteiger partial charge in [0.05, 0.1) is 0 Å². The van der Waals surface area contributed by atoms with Gasteiger partial charge in [-0.25, -0.2) is 15.0 Å². The number of anilines is 2. The summed E-state index contributed by atoms with van der Waals surface area (Å²) in [5.74, 6) is 1.40. The van der Waals surface area contributed by atoms with Crippen molar-refractivity contribution in [3.05, 3.63) is 24.5 Å². The molecule has 138 valence electrons. The van der Waals surface area contributed by atoms with E-state index in [1.54, 1.807) is 18.5 Å². The van der Waals surface area contributed by atoms with Crippen LogP contribution in [0.5, 0.6) is 0 Å². The van der Waals surface area contributed by atoms with Crippen molar-refractivity contribution in [1.29, 1.82) is 0 Å². The maximum absolute atomic E-state index is 5.28. The Balaban J connectivity index is 1.89. The van der Waals surface area contributed by atoms with Crippen molar-refractivity contribution in [2.24, 2.45) is 0 Å². The zero-order valence-corrected chi connectivity index (χ0v) is 16.6. The van der Waals surface area contributed by atoms with Crippen molar-refractivity contribution >= 4 is 40.9 Å². The molecule has 0 radical (unpaired) electrons. The number of aromatic nitrogens is 4. The van der Waals surface area contributed by atoms with Crippen molar-refractivity contribution in [2.75, 3.05) is 23.3 Å². The normalized spacial score (nSPS) is 17.0. The summed E-state index contributed by atoms with van der Waals surface area (Å²) in [4.78, 5) is 20.1. The van der Waals surface area contributed by atoms with Crippen LogP contribution in [0, 0.1) is 0 Å². The maximum atomic E-state index is 5.28. The smallest absolute Gasteiger partial charge is 0.232 e. The first kappa shape index (κ1) is 18.8. The van der Waals surface area contributed by atoms with Crippen LogP contribution in [0.2, 0.25) is 0 Å². The third-order valence-electron chi connectivity index (χ3n) is 4.09. The summed E-state index contributed by atoms with van der Waals surface area (Å²) in [5.41, 5.74) is 0. The molecule has 0 saturated carbocycles. The Morgan fingerprint density at radius 2 is 2.12 bits per heavy atom. The number of rotatable bonds is 5. The fourth-order valence-electron chi connectivity index (χ4n) is 2.84. The van der Waals surface area contributed by atoms with Crippen LogP contribution in [-0.2, 0) is 0 Å². The number of nitrogens with one attached hydrogen (secondary N) is 2. The Labute approximate surface area is 163 Å². The summed E-state index contributed by atoms with van der Waals surface area (Å²) >= 11 is 6.70. The van der Waals surface area contributed by atoms with Crippen molar-refractivity contribution < 1.29 is 0 Å². The Kier molecular flexibility index (Phi) is 6.56. The molecular formula is C17H23N7S2. The second-order valence-corrected chi connectivity index (χ2v) is 7.44. The van der Waals surface area contributed by atoms with Gasteiger partial charge >= 0.3 is 0 Å². The van der Waals surface area contributed by atoms with Gasteiger partial charge in [-0.3, -0.25) is 0 Å². The first-order valence-electron chi connectivity index (χ1n) is 8.81. The highest BCUT2D eigenvalue weighted by atomic mass is 32.2. The molecule has 1 aliphatic rings. The Morgan fingerprint density at radius 3 is 2.85 bits per heavy atom. The first-order valence-corrected chi connectivity index (χ1v) is 10.0. The van der Waals surface area contributed by atoms with Gasteiger partial charge in [-0.2, -0.15) is 4.98 Å². The lowest BCUT2D eigenvalue weighted by molar-refractivity contribution is 0.480. The van der Waals surface area contributed by atoms with E-state index in [4.69, 9.17) is 17.2 Å². The van der Waals surface area contributed by atoms with Crippen LogP contribution in [0.3, 0.4) is 0 Å². The van der Waals surface area contributed by atoms with Gasteiger partial charge in [0.1, 0.15) is 10.8 Å². The molecule has 0 bridgehead atoms. The van der Waals surface area contributed by atoms with Crippen LogP contribution in [-0.4, -0.2) is 44.2 Å². The van der Waals surface area contributed by atoms with Gasteiger partial charge in [0, 0.05) is 37.6 Å². The summed E-state index contributed by atoms with van der Waals surface area (Å²) < 4.78 is 0. The van der Waals surface area contributed by atoms with Gasteiger partial charge in [-0.05, 0) is 63.2 Å². The van der Waals surface area contributed by atoms with E-state index < -0.39 is 0 Å². The maximum Gasteiger partial charge on any atom is 0.232 e. The van der Waals surface area contributed by atoms with E-state index in [2.05, 4.69) is 37.4 Å². The number of thiocarbonyl (C=S) groups is 1. The molecule has 7 nitrogen and oxygen atoms in total. The van der Waals surface area contributed by atoms with E-state index in [-0.39, 0.29) is 0 Å². The highest BCUT2D eigenvalue weighted by Gasteiger charge is 2.21. The monoisotopic (exact) mass is 389 g/mol. The third-order valence-corrected chi connectivity index (χ3v) is 5.15. The molecular weight excluding hydrogens is 366 g/mol. The fraction of sp³-hybridized carbons (Fsp3) is 0.471. The quantitative estimate of drug-likeness (QED) is 0.455. The van der Waals surface area contributed by atoms with Crippen LogP contribution >= 0.6 is 24.0 Å². The summed E-state index contributed by atoms with van der Waals surface area (Å²) in [6.45, 7) is 5.98. The fourth-order valence-corrected chi connectivity index (χ4v) is 3.79. The Morgan fingerprint density at radius 1 is 1.31 bits per heavy atom. The van der Waals surface area contributed by atoms with E-state index in [9.17, 15) is 0 Å². The molecule has 0 amide bonds. The highest BCUT2D eigenvalue weighted by molar-refractivity contribution is 7.99. The largest absolute Gasteiger partial charge is 0.363 e. The molecule has 1 atom stereocenters. The predicted molar refractivity (Wildman–Crippen MR) is 109 cm³/mol. The summed E-state index contributed by atoms with van der Waals surface area (Å²) in [5, 5.41) is 8.11. The standard InChI is InChI=1S/C17H23N7S2/c1-3-18-16(25)23-15-21-13(24-10-5-4-7-12(24)2)11-14(22-15)26-17-19-8-6-9-20-17/h6,8-9,11-12H,3-5,7,10H2,1-2H3,(H2,18,21,22,23,25)/t12-/m1/s1. The number of hydrogen-bond donors (Lipinski definition) is 2. The minimum absolute atomic E-state index is 0.457. The molecule has 2 aromatic rings. The molecule has 3 rings (SSSR count). The molecule has 2 N–H and O–H groups in total. The minimum atomic E-state index is 0.457. The van der Waals surface area contributed by atoms with Crippen LogP contribution < -0.4 is 15.5 Å². The van der Waals surface area contributed by atoms with Crippen LogP contribution in [0.25, 0.3) is 0 Å². The molecule has 26 heavy (non-hydrogen) atoms. The lowest BCUT2D eigenvalue weighted by Crippen LogP contribution is -2.38. The van der Waals surface area contributed by atoms with E-state index in [1.807, 2.05) is 13.0 Å². The average Bonchev–Trinajstić information content (AvgIpc) is 2.63. The number of piperidine rings is 1. The van der Waals surface area contributed by atoms with Gasteiger partial charge in [-0.15, -0.1) is 0 Å². The van der Waals surface area contributed by atoms with Crippen molar-refractivity contribution in [1.82, 2.24) is 25.3 Å². The van der Waals surface area contributed by atoms with E-state index in [1.165, 1.54) is 31.0 Å². The lowest BCUT2D eigenvalue weighted by Gasteiger charge is -2.34. The zero-order valence-electron chi connectivity index (χ0n) is 15.0. The molecule has 3 heterocycles. The average molecular weight is 390 g/mol. The molecule has 1 fully saturated rings. The van der Waals surface area contributed by atoms with Crippen molar-refractivity contribution in [3.8, 4) is 0 Å². The third kappa shape index (κ3) is 5.01. The minimum Gasteiger partial charge on any atom is -0.363 e. The predicted octanol–water partition coefficient (Wildman–Crippen LogP) is 3.10. The van der Waals surface area contributed by atoms with Crippen molar-refractivity contribution in [2.45, 2.75) is 49.3 Å². The molecule has 2 aromatic heterocycles. The van der Waals surface area contributed by atoms with Crippen LogP contribution in [0.4, 0.5) is 11.8 Å². The Bertz CT molecular complexity index is 741. The second kappa shape index (κ2) is 9.09. The lowest BCUT2D eigenvalue weighted by atomic mass is 10.0. The highest BCUT2D eigenvalue weighted by Crippen LogP contribution is 2.29. The topological polar surface area (TPSA) is 78.9 Å².